The molecule has 0 saturated carbocycles. The van der Waals surface area contributed by atoms with Gasteiger partial charge in [-0.25, -0.2) is 13.2 Å². The highest BCUT2D eigenvalue weighted by Crippen LogP contribution is 2.42. The lowest BCUT2D eigenvalue weighted by Gasteiger charge is -2.33. The van der Waals surface area contributed by atoms with Crippen molar-refractivity contribution in [3.8, 4) is 35.2 Å². The second kappa shape index (κ2) is 11.1. The van der Waals surface area contributed by atoms with Gasteiger partial charge in [0.05, 0.1) is 17.2 Å². The molecule has 3 aliphatic rings. The van der Waals surface area contributed by atoms with E-state index in [4.69, 9.17) is 20.9 Å². The smallest absolute Gasteiger partial charge is 0.319 e. The maximum atomic E-state index is 16.7. The molecule has 10 heteroatoms. The number of nitrogens with zero attached hydrogens (tertiary/aromatic N) is 4. The summed E-state index contributed by atoms with van der Waals surface area (Å²) in [5, 5.41) is 11.8. The normalized spacial score (nSPS) is 22.5. The maximum Gasteiger partial charge on any atom is 0.319 e. The van der Waals surface area contributed by atoms with Crippen molar-refractivity contribution in [2.45, 2.75) is 49.9 Å². The average Bonchev–Trinajstić information content (AvgIpc) is 3.55. The van der Waals surface area contributed by atoms with E-state index >= 15 is 4.39 Å². The first kappa shape index (κ1) is 28.7. The fourth-order valence-corrected chi connectivity index (χ4v) is 7.37. The van der Waals surface area contributed by atoms with E-state index < -0.39 is 23.3 Å². The van der Waals surface area contributed by atoms with Crippen molar-refractivity contribution in [3.05, 3.63) is 53.6 Å². The van der Waals surface area contributed by atoms with Crippen molar-refractivity contribution in [3.63, 3.8) is 0 Å². The van der Waals surface area contributed by atoms with Gasteiger partial charge in [0.15, 0.2) is 5.82 Å². The fourth-order valence-electron chi connectivity index (χ4n) is 7.37. The predicted molar refractivity (Wildman–Crippen MR) is 163 cm³/mol. The molecule has 0 unspecified atom stereocenters. The van der Waals surface area contributed by atoms with Crippen LogP contribution in [-0.4, -0.2) is 77.7 Å². The third-order valence-corrected chi connectivity index (χ3v) is 9.56. The number of methoxy groups -OCH3 is 1. The van der Waals surface area contributed by atoms with Crippen LogP contribution in [0.3, 0.4) is 0 Å². The number of aromatic nitrogens is 2. The molecule has 7 nitrogen and oxygen atoms in total. The second-order valence-corrected chi connectivity index (χ2v) is 12.1. The highest BCUT2D eigenvalue weighted by molar-refractivity contribution is 6.04. The van der Waals surface area contributed by atoms with Gasteiger partial charge in [-0.1, -0.05) is 18.1 Å². The lowest BCUT2D eigenvalue weighted by atomic mass is 9.93. The molecule has 0 radical (unpaired) electrons. The number of alkyl halides is 1. The zero-order valence-corrected chi connectivity index (χ0v) is 24.5. The minimum atomic E-state index is -0.913. The maximum absolute atomic E-state index is 16.7. The number of terminal acetylenes is 1. The summed E-state index contributed by atoms with van der Waals surface area (Å²) in [5.74, 6) is 1.52. The molecule has 3 aromatic carbocycles. The summed E-state index contributed by atoms with van der Waals surface area (Å²) in [6.07, 6.45) is 8.62. The molecule has 4 heterocycles. The van der Waals surface area contributed by atoms with E-state index in [9.17, 15) is 13.9 Å². The molecule has 2 atom stereocenters. The lowest BCUT2D eigenvalue weighted by molar-refractivity contribution is 0.0817. The summed E-state index contributed by atoms with van der Waals surface area (Å²) in [4.78, 5) is 13.5. The van der Waals surface area contributed by atoms with Gasteiger partial charge in [-0.3, -0.25) is 4.90 Å². The van der Waals surface area contributed by atoms with Crippen molar-refractivity contribution in [1.82, 2.24) is 14.9 Å². The molecule has 0 bridgehead atoms. The Balaban J connectivity index is 1.36. The molecular weight excluding hydrogens is 569 g/mol. The Morgan fingerprint density at radius 2 is 1.91 bits per heavy atom. The molecule has 3 aliphatic heterocycles. The van der Waals surface area contributed by atoms with Crippen LogP contribution in [0.15, 0.2) is 36.4 Å². The van der Waals surface area contributed by atoms with Gasteiger partial charge < -0.3 is 19.5 Å². The highest BCUT2D eigenvalue weighted by Gasteiger charge is 2.49. The molecular formula is C34H33F3N4O3. The topological polar surface area (TPSA) is 71.0 Å². The summed E-state index contributed by atoms with van der Waals surface area (Å²) in [6, 6.07) is 8.91. The van der Waals surface area contributed by atoms with Gasteiger partial charge >= 0.3 is 6.01 Å². The van der Waals surface area contributed by atoms with Crippen LogP contribution in [0.25, 0.3) is 32.8 Å². The van der Waals surface area contributed by atoms with Crippen molar-refractivity contribution in [2.75, 3.05) is 44.8 Å². The third-order valence-electron chi connectivity index (χ3n) is 9.56. The van der Waals surface area contributed by atoms with Crippen LogP contribution < -0.4 is 9.64 Å². The van der Waals surface area contributed by atoms with E-state index in [1.807, 2.05) is 0 Å². The van der Waals surface area contributed by atoms with Crippen molar-refractivity contribution in [2.24, 2.45) is 0 Å². The number of rotatable bonds is 6. The molecule has 44 heavy (non-hydrogen) atoms. The molecule has 1 aromatic heterocycles. The number of fused-ring (bicyclic) bond motifs is 3. The minimum absolute atomic E-state index is 0.0112. The first-order valence-electron chi connectivity index (χ1n) is 15.0. The number of benzene rings is 3. The largest absolute Gasteiger partial charge is 0.508 e. The van der Waals surface area contributed by atoms with E-state index in [0.717, 1.165) is 32.2 Å². The Labute approximate surface area is 253 Å². The molecule has 0 spiro atoms. The average molecular weight is 603 g/mol. The summed E-state index contributed by atoms with van der Waals surface area (Å²) in [5.41, 5.74) is -0.0668. The Bertz CT molecular complexity index is 1800. The van der Waals surface area contributed by atoms with Crippen LogP contribution in [0.2, 0.25) is 0 Å². The number of hydrogen-bond acceptors (Lipinski definition) is 7. The monoisotopic (exact) mass is 602 g/mol. The number of aromatic hydroxyl groups is 1. The second-order valence-electron chi connectivity index (χ2n) is 12.1. The van der Waals surface area contributed by atoms with Crippen LogP contribution in [-0.2, 0) is 4.74 Å². The summed E-state index contributed by atoms with van der Waals surface area (Å²) in [7, 11) is 1.70. The SMILES string of the molecule is C#Cc1c(F)ccc2cc(O)cc(-c3ccc4c(N5CCC(OC)CC5)nc(OC[C@@]56CCCN5C[C@H](F)C6)nc4c3F)c12. The van der Waals surface area contributed by atoms with Crippen molar-refractivity contribution >= 4 is 27.5 Å². The van der Waals surface area contributed by atoms with Gasteiger partial charge in [-0.15, -0.1) is 6.42 Å². The zero-order chi connectivity index (χ0) is 30.6. The van der Waals surface area contributed by atoms with E-state index in [2.05, 4.69) is 20.7 Å². The number of halogens is 3. The zero-order valence-electron chi connectivity index (χ0n) is 24.5. The molecule has 3 fully saturated rings. The Kier molecular flexibility index (Phi) is 7.26. The van der Waals surface area contributed by atoms with Crippen molar-refractivity contribution in [1.29, 1.82) is 0 Å². The number of anilines is 1. The van der Waals surface area contributed by atoms with Crippen LogP contribution in [0.1, 0.15) is 37.7 Å². The molecule has 228 valence electrons. The van der Waals surface area contributed by atoms with Gasteiger partial charge in [0, 0.05) is 49.5 Å². The van der Waals surface area contributed by atoms with E-state index in [1.54, 1.807) is 19.2 Å². The molecule has 0 aliphatic carbocycles. The van der Waals surface area contributed by atoms with Gasteiger partial charge in [0.25, 0.3) is 0 Å². The summed E-state index contributed by atoms with van der Waals surface area (Å²) >= 11 is 0. The van der Waals surface area contributed by atoms with Crippen LogP contribution >= 0.6 is 0 Å². The van der Waals surface area contributed by atoms with Crippen LogP contribution in [0.5, 0.6) is 11.8 Å². The van der Waals surface area contributed by atoms with Gasteiger partial charge in [-0.2, -0.15) is 9.97 Å². The van der Waals surface area contributed by atoms with E-state index in [1.165, 1.54) is 24.3 Å². The third kappa shape index (κ3) is 4.79. The van der Waals surface area contributed by atoms with E-state index in [-0.39, 0.29) is 46.7 Å². The van der Waals surface area contributed by atoms with Gasteiger partial charge in [-0.05, 0) is 67.4 Å². The number of hydrogen-bond donors (Lipinski definition) is 1. The van der Waals surface area contributed by atoms with Crippen LogP contribution in [0.4, 0.5) is 19.0 Å². The number of ether oxygens (including phenoxy) is 2. The molecule has 1 N–H and O–H groups in total. The van der Waals surface area contributed by atoms with Crippen LogP contribution in [0, 0.1) is 24.0 Å². The molecule has 7 rings (SSSR count). The van der Waals surface area contributed by atoms with E-state index in [0.29, 0.717) is 48.0 Å². The standard InChI is InChI=1S/C34H33F3N4O3/c1-3-24-28(36)8-5-20-15-22(42)16-27(29(20)24)25-6-7-26-31(30(25)37)38-33(39-32(26)40-13-9-23(43-2)10-14-40)44-19-34-11-4-12-41(34)18-21(35)17-34/h1,5-8,15-16,21,23,42H,4,9-14,17-19H2,2H3/t21-,34+/m1/s1. The Morgan fingerprint density at radius 1 is 1.09 bits per heavy atom. The first-order valence-corrected chi connectivity index (χ1v) is 15.0. The Morgan fingerprint density at radius 3 is 2.68 bits per heavy atom. The minimum Gasteiger partial charge on any atom is -0.508 e. The molecule has 3 saturated heterocycles. The highest BCUT2D eigenvalue weighted by atomic mass is 19.1. The quantitative estimate of drug-likeness (QED) is 0.272. The van der Waals surface area contributed by atoms with Gasteiger partial charge in [0.2, 0.25) is 0 Å². The van der Waals surface area contributed by atoms with Crippen molar-refractivity contribution < 1.29 is 27.8 Å². The molecule has 0 amide bonds. The molecule has 4 aromatic rings. The summed E-state index contributed by atoms with van der Waals surface area (Å²) in [6.45, 7) is 2.71. The summed E-state index contributed by atoms with van der Waals surface area (Å²) < 4.78 is 57.7. The Hall–Kier alpha value is -4.07. The number of phenols is 1. The predicted octanol–water partition coefficient (Wildman–Crippen LogP) is 5.99. The lowest BCUT2D eigenvalue weighted by Crippen LogP contribution is -2.43. The van der Waals surface area contributed by atoms with Gasteiger partial charge in [0.1, 0.15) is 35.7 Å². The first-order chi connectivity index (χ1) is 21.3. The fraction of sp³-hybridized carbons (Fsp3) is 0.412. The number of phenolic OH excluding ortho intramolecular Hbond substituents is 1. The number of piperidine rings is 1.